The molecule has 0 aliphatic carbocycles. The molecule has 1 rings (SSSR count). The summed E-state index contributed by atoms with van der Waals surface area (Å²) in [6.45, 7) is -0.473. The van der Waals surface area contributed by atoms with Gasteiger partial charge in [0.1, 0.15) is 0 Å². The van der Waals surface area contributed by atoms with Crippen LogP contribution in [0.25, 0.3) is 0 Å². The van der Waals surface area contributed by atoms with Crippen LogP contribution in [0, 0.1) is 5.41 Å². The van der Waals surface area contributed by atoms with Crippen molar-refractivity contribution in [3.8, 4) is 0 Å². The molecule has 0 amide bonds. The van der Waals surface area contributed by atoms with Gasteiger partial charge < -0.3 is 10.5 Å². The lowest BCUT2D eigenvalue weighted by Gasteiger charge is -2.27. The van der Waals surface area contributed by atoms with E-state index in [-0.39, 0.29) is 22.7 Å². The van der Waals surface area contributed by atoms with Crippen LogP contribution in [-0.2, 0) is 4.79 Å². The molecule has 2 N–H and O–H groups in total. The van der Waals surface area contributed by atoms with Crippen molar-refractivity contribution in [2.45, 2.75) is 19.1 Å². The number of aliphatic carboxylic acids is 1. The molecule has 0 heterocycles. The highest BCUT2D eigenvalue weighted by atomic mass is 19.4. The number of para-hydroxylation sites is 1. The fourth-order valence-electron chi connectivity index (χ4n) is 1.53. The number of halogens is 3. The normalized spacial score (nSPS) is 11.1. The van der Waals surface area contributed by atoms with E-state index in [1.165, 1.54) is 24.3 Å². The molecule has 0 unspecified atom stereocenters. The van der Waals surface area contributed by atoms with Crippen LogP contribution in [0.3, 0.4) is 0 Å². The van der Waals surface area contributed by atoms with Gasteiger partial charge in [0, 0.05) is 24.4 Å². The van der Waals surface area contributed by atoms with E-state index in [1.807, 2.05) is 0 Å². The molecule has 0 aromatic heterocycles. The van der Waals surface area contributed by atoms with Crippen LogP contribution in [0.1, 0.15) is 12.8 Å². The SMILES string of the molecule is N=C(CCN(c1ccccc1)C(F)(F)F)CC(=O)O. The fraction of sp³-hybridized carbons (Fsp3) is 0.333. The van der Waals surface area contributed by atoms with Gasteiger partial charge in [-0.3, -0.25) is 9.69 Å². The van der Waals surface area contributed by atoms with Crippen LogP contribution in [0.4, 0.5) is 18.9 Å². The number of carbonyl (C=O) groups is 1. The summed E-state index contributed by atoms with van der Waals surface area (Å²) in [4.78, 5) is 10.5. The molecular formula is C12H13F3N2O2. The Kier molecular flexibility index (Phi) is 4.91. The van der Waals surface area contributed by atoms with E-state index >= 15 is 0 Å². The van der Waals surface area contributed by atoms with Gasteiger partial charge in [0.2, 0.25) is 0 Å². The number of anilines is 1. The quantitative estimate of drug-likeness (QED) is 0.619. The van der Waals surface area contributed by atoms with E-state index in [0.29, 0.717) is 0 Å². The molecule has 19 heavy (non-hydrogen) atoms. The highest BCUT2D eigenvalue weighted by molar-refractivity contribution is 5.96. The van der Waals surface area contributed by atoms with E-state index < -0.39 is 25.2 Å². The number of carboxylic acid groups (broad SMARTS) is 1. The number of benzene rings is 1. The van der Waals surface area contributed by atoms with Crippen molar-refractivity contribution in [3.05, 3.63) is 30.3 Å². The smallest absolute Gasteiger partial charge is 0.481 e. The summed E-state index contributed by atoms with van der Waals surface area (Å²) in [6.07, 6.45) is -5.36. The zero-order valence-electron chi connectivity index (χ0n) is 9.94. The maximum Gasteiger partial charge on any atom is 0.484 e. The van der Waals surface area contributed by atoms with Crippen molar-refractivity contribution in [1.29, 1.82) is 5.41 Å². The number of alkyl halides is 3. The van der Waals surface area contributed by atoms with Gasteiger partial charge in [-0.2, -0.15) is 13.2 Å². The third kappa shape index (κ3) is 4.99. The van der Waals surface area contributed by atoms with E-state index in [2.05, 4.69) is 0 Å². The Bertz CT molecular complexity index is 446. The Morgan fingerprint density at radius 3 is 2.32 bits per heavy atom. The first-order chi connectivity index (χ1) is 8.80. The highest BCUT2D eigenvalue weighted by Gasteiger charge is 2.37. The minimum Gasteiger partial charge on any atom is -0.481 e. The molecule has 0 saturated carbocycles. The first kappa shape index (κ1) is 15.0. The van der Waals surface area contributed by atoms with Crippen molar-refractivity contribution in [2.75, 3.05) is 11.4 Å². The van der Waals surface area contributed by atoms with Gasteiger partial charge in [-0.15, -0.1) is 0 Å². The Morgan fingerprint density at radius 1 is 1.26 bits per heavy atom. The maximum absolute atomic E-state index is 12.9. The first-order valence-electron chi connectivity index (χ1n) is 5.48. The number of nitrogens with zero attached hydrogens (tertiary/aromatic N) is 1. The van der Waals surface area contributed by atoms with Gasteiger partial charge in [-0.1, -0.05) is 18.2 Å². The molecule has 4 nitrogen and oxygen atoms in total. The van der Waals surface area contributed by atoms with Crippen molar-refractivity contribution in [3.63, 3.8) is 0 Å². The number of nitrogens with one attached hydrogen (secondary N) is 1. The van der Waals surface area contributed by atoms with Gasteiger partial charge in [0.05, 0.1) is 6.42 Å². The second-order valence-corrected chi connectivity index (χ2v) is 3.88. The van der Waals surface area contributed by atoms with Crippen molar-refractivity contribution in [1.82, 2.24) is 0 Å². The third-order valence-electron chi connectivity index (χ3n) is 2.38. The summed E-state index contributed by atoms with van der Waals surface area (Å²) in [5.41, 5.74) is -0.268. The maximum atomic E-state index is 12.9. The molecule has 0 aliphatic rings. The zero-order valence-corrected chi connectivity index (χ0v) is 9.94. The molecule has 1 aromatic rings. The lowest BCUT2D eigenvalue weighted by Crippen LogP contribution is -2.39. The molecule has 0 aliphatic heterocycles. The second kappa shape index (κ2) is 6.21. The topological polar surface area (TPSA) is 64.4 Å². The summed E-state index contributed by atoms with van der Waals surface area (Å²) in [5, 5.41) is 15.8. The standard InChI is InChI=1S/C12H13F3N2O2/c13-12(14,15)17(10-4-2-1-3-5-10)7-6-9(16)8-11(18)19/h1-5,16H,6-8H2,(H,18,19). The summed E-state index contributed by atoms with van der Waals surface area (Å²) in [6, 6.07) is 7.19. The van der Waals surface area contributed by atoms with Gasteiger partial charge in [0.25, 0.3) is 0 Å². The van der Waals surface area contributed by atoms with Gasteiger partial charge in [-0.05, 0) is 12.1 Å². The Balaban J connectivity index is 2.73. The summed E-state index contributed by atoms with van der Waals surface area (Å²) in [7, 11) is 0. The van der Waals surface area contributed by atoms with Gasteiger partial charge in [0.15, 0.2) is 0 Å². The van der Waals surface area contributed by atoms with Crippen LogP contribution in [-0.4, -0.2) is 29.6 Å². The average molecular weight is 274 g/mol. The van der Waals surface area contributed by atoms with Crippen molar-refractivity contribution < 1.29 is 23.1 Å². The summed E-state index contributed by atoms with van der Waals surface area (Å²) in [5.74, 6) is -1.22. The monoisotopic (exact) mass is 274 g/mol. The second-order valence-electron chi connectivity index (χ2n) is 3.88. The number of hydrogen-bond donors (Lipinski definition) is 2. The van der Waals surface area contributed by atoms with Gasteiger partial charge >= 0.3 is 12.3 Å². The molecule has 104 valence electrons. The fourth-order valence-corrected chi connectivity index (χ4v) is 1.53. The molecular weight excluding hydrogens is 261 g/mol. The predicted octanol–water partition coefficient (Wildman–Crippen LogP) is 2.90. The number of rotatable bonds is 6. The largest absolute Gasteiger partial charge is 0.484 e. The van der Waals surface area contributed by atoms with Crippen LogP contribution in [0.5, 0.6) is 0 Å². The molecule has 0 fully saturated rings. The number of hydrogen-bond acceptors (Lipinski definition) is 3. The van der Waals surface area contributed by atoms with E-state index in [9.17, 15) is 18.0 Å². The first-order valence-corrected chi connectivity index (χ1v) is 5.48. The van der Waals surface area contributed by atoms with Crippen LogP contribution in [0.2, 0.25) is 0 Å². The van der Waals surface area contributed by atoms with Crippen molar-refractivity contribution in [2.24, 2.45) is 0 Å². The van der Waals surface area contributed by atoms with Crippen LogP contribution < -0.4 is 4.90 Å². The van der Waals surface area contributed by atoms with Crippen LogP contribution >= 0.6 is 0 Å². The van der Waals surface area contributed by atoms with E-state index in [1.54, 1.807) is 6.07 Å². The molecule has 0 bridgehead atoms. The van der Waals surface area contributed by atoms with Crippen molar-refractivity contribution >= 4 is 17.4 Å². The Morgan fingerprint density at radius 2 is 1.84 bits per heavy atom. The highest BCUT2D eigenvalue weighted by Crippen LogP contribution is 2.28. The van der Waals surface area contributed by atoms with E-state index in [0.717, 1.165) is 0 Å². The predicted molar refractivity (Wildman–Crippen MR) is 64.4 cm³/mol. The van der Waals surface area contributed by atoms with Gasteiger partial charge in [-0.25, -0.2) is 0 Å². The number of carboxylic acids is 1. The van der Waals surface area contributed by atoms with E-state index in [4.69, 9.17) is 10.5 Å². The molecule has 0 atom stereocenters. The average Bonchev–Trinajstić information content (AvgIpc) is 2.27. The summed E-state index contributed by atoms with van der Waals surface area (Å²) >= 11 is 0. The molecule has 0 spiro atoms. The summed E-state index contributed by atoms with van der Waals surface area (Å²) < 4.78 is 38.6. The Labute approximate surface area is 108 Å². The minimum absolute atomic E-state index is 0.0295. The lowest BCUT2D eigenvalue weighted by molar-refractivity contribution is -0.135. The Hall–Kier alpha value is -2.05. The lowest BCUT2D eigenvalue weighted by atomic mass is 10.2. The molecule has 1 aromatic carbocycles. The zero-order chi connectivity index (χ0) is 14.5. The minimum atomic E-state index is -4.56. The molecule has 7 heteroatoms. The van der Waals surface area contributed by atoms with Crippen LogP contribution in [0.15, 0.2) is 30.3 Å². The third-order valence-corrected chi connectivity index (χ3v) is 2.38. The molecule has 0 saturated heterocycles. The molecule has 0 radical (unpaired) electrons.